The highest BCUT2D eigenvalue weighted by atomic mass is 35.5. The fourth-order valence-electron chi connectivity index (χ4n) is 2.62. The highest BCUT2D eigenvalue weighted by Crippen LogP contribution is 2.12. The summed E-state index contributed by atoms with van der Waals surface area (Å²) in [7, 11) is 0. The molecule has 0 unspecified atom stereocenters. The van der Waals surface area contributed by atoms with Gasteiger partial charge in [0.1, 0.15) is 0 Å². The molecule has 0 aliphatic rings. The Morgan fingerprint density at radius 1 is 1.19 bits per heavy atom. The Hall–Kier alpha value is -2.92. The molecule has 1 amide bonds. The number of hydrogen-bond acceptors (Lipinski definition) is 3. The Morgan fingerprint density at radius 2 is 2.00 bits per heavy atom. The predicted octanol–water partition coefficient (Wildman–Crippen LogP) is 3.97. The zero-order chi connectivity index (χ0) is 18.5. The lowest BCUT2D eigenvalue weighted by Crippen LogP contribution is -2.18. The van der Waals surface area contributed by atoms with Crippen LogP contribution in [0.2, 0.25) is 5.02 Å². The molecule has 0 saturated heterocycles. The van der Waals surface area contributed by atoms with Crippen LogP contribution in [-0.2, 0) is 6.54 Å². The number of amides is 1. The van der Waals surface area contributed by atoms with Gasteiger partial charge in [0.05, 0.1) is 18.5 Å². The maximum atomic E-state index is 12.3. The van der Waals surface area contributed by atoms with Crippen LogP contribution in [0.25, 0.3) is 0 Å². The van der Waals surface area contributed by atoms with E-state index >= 15 is 0 Å². The largest absolute Gasteiger partial charge is 0.271 e. The Bertz CT molecular complexity index is 962. The molecular formula is C20H19ClN4O. The van der Waals surface area contributed by atoms with Gasteiger partial charge in [-0.2, -0.15) is 10.2 Å². The topological polar surface area (TPSA) is 59.3 Å². The quantitative estimate of drug-likeness (QED) is 0.548. The van der Waals surface area contributed by atoms with Crippen molar-refractivity contribution < 1.29 is 4.79 Å². The van der Waals surface area contributed by atoms with Crippen LogP contribution in [0.15, 0.2) is 59.7 Å². The lowest BCUT2D eigenvalue weighted by atomic mass is 10.1. The lowest BCUT2D eigenvalue weighted by Gasteiger charge is -2.07. The number of rotatable bonds is 5. The minimum Gasteiger partial charge on any atom is -0.267 e. The molecule has 0 bridgehead atoms. The molecule has 6 heteroatoms. The average molecular weight is 367 g/mol. The van der Waals surface area contributed by atoms with E-state index in [9.17, 15) is 4.79 Å². The van der Waals surface area contributed by atoms with Gasteiger partial charge in [-0.05, 0) is 43.7 Å². The van der Waals surface area contributed by atoms with Crippen LogP contribution in [0.4, 0.5) is 0 Å². The first-order chi connectivity index (χ1) is 12.5. The highest BCUT2D eigenvalue weighted by molar-refractivity contribution is 6.33. The summed E-state index contributed by atoms with van der Waals surface area (Å²) in [5.41, 5.74) is 6.88. The Morgan fingerprint density at radius 3 is 2.73 bits per heavy atom. The molecule has 0 spiro atoms. The first kappa shape index (κ1) is 17.9. The molecule has 3 aromatic rings. The third-order valence-corrected chi connectivity index (χ3v) is 4.24. The highest BCUT2D eigenvalue weighted by Gasteiger charge is 2.07. The number of carbonyl (C=O) groups is 1. The van der Waals surface area contributed by atoms with Crippen LogP contribution in [0.1, 0.15) is 32.9 Å². The van der Waals surface area contributed by atoms with Gasteiger partial charge in [-0.1, -0.05) is 41.9 Å². The molecule has 1 heterocycles. The van der Waals surface area contributed by atoms with Crippen LogP contribution in [0.5, 0.6) is 0 Å². The molecule has 0 aliphatic carbocycles. The second-order valence-corrected chi connectivity index (χ2v) is 6.41. The van der Waals surface area contributed by atoms with E-state index in [4.69, 9.17) is 11.6 Å². The summed E-state index contributed by atoms with van der Waals surface area (Å²) < 4.78 is 1.92. The standard InChI is InChI=1S/C20H19ClN4O/c1-14-10-15(2)25(24-14)13-16-6-5-8-17(11-16)20(26)23-22-12-18-7-3-4-9-19(18)21/h3-12H,13H2,1-2H3,(H,23,26)/b22-12+. The van der Waals surface area contributed by atoms with Gasteiger partial charge in [-0.25, -0.2) is 5.43 Å². The van der Waals surface area contributed by atoms with Crippen molar-refractivity contribution in [3.05, 3.63) is 87.7 Å². The van der Waals surface area contributed by atoms with Crippen molar-refractivity contribution >= 4 is 23.7 Å². The smallest absolute Gasteiger partial charge is 0.267 e. The Kier molecular flexibility index (Phi) is 5.49. The van der Waals surface area contributed by atoms with Gasteiger partial charge in [-0.3, -0.25) is 9.48 Å². The van der Waals surface area contributed by atoms with Gasteiger partial charge in [0.15, 0.2) is 0 Å². The van der Waals surface area contributed by atoms with E-state index in [2.05, 4.69) is 15.6 Å². The summed E-state index contributed by atoms with van der Waals surface area (Å²) >= 11 is 6.06. The summed E-state index contributed by atoms with van der Waals surface area (Å²) in [5.74, 6) is -0.275. The SMILES string of the molecule is Cc1cc(C)n(Cc2cccc(C(=O)N/N=C/c3ccccc3Cl)c2)n1. The van der Waals surface area contributed by atoms with E-state index < -0.39 is 0 Å². The second-order valence-electron chi connectivity index (χ2n) is 6.01. The summed E-state index contributed by atoms with van der Waals surface area (Å²) in [4.78, 5) is 12.3. The molecule has 0 fully saturated rings. The van der Waals surface area contributed by atoms with Crippen LogP contribution < -0.4 is 5.43 Å². The monoisotopic (exact) mass is 366 g/mol. The number of aryl methyl sites for hydroxylation is 2. The first-order valence-electron chi connectivity index (χ1n) is 8.21. The van der Waals surface area contributed by atoms with E-state index in [-0.39, 0.29) is 5.91 Å². The molecule has 0 saturated carbocycles. The first-order valence-corrected chi connectivity index (χ1v) is 8.58. The maximum absolute atomic E-state index is 12.3. The lowest BCUT2D eigenvalue weighted by molar-refractivity contribution is 0.0955. The minimum atomic E-state index is -0.275. The second kappa shape index (κ2) is 7.97. The maximum Gasteiger partial charge on any atom is 0.271 e. The average Bonchev–Trinajstić information content (AvgIpc) is 2.94. The van der Waals surface area contributed by atoms with E-state index in [1.165, 1.54) is 6.21 Å². The van der Waals surface area contributed by atoms with Crippen molar-refractivity contribution in [2.75, 3.05) is 0 Å². The number of nitrogens with zero attached hydrogens (tertiary/aromatic N) is 3. The zero-order valence-corrected chi connectivity index (χ0v) is 15.4. The number of benzene rings is 2. The van der Waals surface area contributed by atoms with Crippen LogP contribution in [0.3, 0.4) is 0 Å². The summed E-state index contributed by atoms with van der Waals surface area (Å²) in [6, 6.07) is 16.8. The molecule has 5 nitrogen and oxygen atoms in total. The number of hydrazone groups is 1. The van der Waals surface area contributed by atoms with E-state index in [1.807, 2.05) is 61.0 Å². The Labute approximate surface area is 157 Å². The van der Waals surface area contributed by atoms with E-state index in [0.29, 0.717) is 17.1 Å². The third-order valence-electron chi connectivity index (χ3n) is 3.90. The van der Waals surface area contributed by atoms with Crippen molar-refractivity contribution in [2.45, 2.75) is 20.4 Å². The molecular weight excluding hydrogens is 348 g/mol. The van der Waals surface area contributed by atoms with Crippen molar-refractivity contribution in [3.63, 3.8) is 0 Å². The molecule has 0 atom stereocenters. The van der Waals surface area contributed by atoms with E-state index in [0.717, 1.165) is 22.5 Å². The van der Waals surface area contributed by atoms with E-state index in [1.54, 1.807) is 12.1 Å². The van der Waals surface area contributed by atoms with Gasteiger partial charge < -0.3 is 0 Å². The number of hydrogen-bond donors (Lipinski definition) is 1. The predicted molar refractivity (Wildman–Crippen MR) is 104 cm³/mol. The molecule has 1 N–H and O–H groups in total. The number of nitrogens with one attached hydrogen (secondary N) is 1. The van der Waals surface area contributed by atoms with Gasteiger partial charge >= 0.3 is 0 Å². The molecule has 26 heavy (non-hydrogen) atoms. The van der Waals surface area contributed by atoms with Crippen LogP contribution in [-0.4, -0.2) is 21.9 Å². The van der Waals surface area contributed by atoms with Gasteiger partial charge in [0, 0.05) is 21.8 Å². The van der Waals surface area contributed by atoms with Crippen molar-refractivity contribution in [1.82, 2.24) is 15.2 Å². The fourth-order valence-corrected chi connectivity index (χ4v) is 2.81. The van der Waals surface area contributed by atoms with Crippen molar-refractivity contribution in [3.8, 4) is 0 Å². The number of halogens is 1. The van der Waals surface area contributed by atoms with Gasteiger partial charge in [0.25, 0.3) is 5.91 Å². The number of carbonyl (C=O) groups excluding carboxylic acids is 1. The molecule has 3 rings (SSSR count). The van der Waals surface area contributed by atoms with Crippen LogP contribution >= 0.6 is 11.6 Å². The molecule has 0 aliphatic heterocycles. The summed E-state index contributed by atoms with van der Waals surface area (Å²) in [6.07, 6.45) is 1.53. The van der Waals surface area contributed by atoms with Gasteiger partial charge in [0.2, 0.25) is 0 Å². The third kappa shape index (κ3) is 4.37. The van der Waals surface area contributed by atoms with Gasteiger partial charge in [-0.15, -0.1) is 0 Å². The number of aromatic nitrogens is 2. The summed E-state index contributed by atoms with van der Waals surface area (Å²) in [6.45, 7) is 4.59. The fraction of sp³-hybridized carbons (Fsp3) is 0.150. The minimum absolute atomic E-state index is 0.275. The Balaban J connectivity index is 1.68. The normalized spacial score (nSPS) is 11.0. The van der Waals surface area contributed by atoms with Crippen LogP contribution in [0, 0.1) is 13.8 Å². The van der Waals surface area contributed by atoms with Crippen molar-refractivity contribution in [1.29, 1.82) is 0 Å². The molecule has 2 aromatic carbocycles. The molecule has 1 aromatic heterocycles. The van der Waals surface area contributed by atoms with Crippen molar-refractivity contribution in [2.24, 2.45) is 5.10 Å². The molecule has 132 valence electrons. The zero-order valence-electron chi connectivity index (χ0n) is 14.6. The summed E-state index contributed by atoms with van der Waals surface area (Å²) in [5, 5.41) is 9.02. The molecule has 0 radical (unpaired) electrons.